The van der Waals surface area contributed by atoms with Gasteiger partial charge in [-0.15, -0.1) is 0 Å². The molecule has 1 rings (SSSR count). The maximum atomic E-state index is 12.3. The van der Waals surface area contributed by atoms with Gasteiger partial charge in [0.15, 0.2) is 0 Å². The molecule has 0 aliphatic carbocycles. The van der Waals surface area contributed by atoms with E-state index in [1.54, 1.807) is 0 Å². The van der Waals surface area contributed by atoms with E-state index in [0.29, 0.717) is 18.2 Å². The minimum Gasteiger partial charge on any atom is -0.466 e. The Morgan fingerprint density at radius 2 is 2.05 bits per heavy atom. The van der Waals surface area contributed by atoms with E-state index in [1.165, 1.54) is 0 Å². The fourth-order valence-electron chi connectivity index (χ4n) is 2.60. The van der Waals surface area contributed by atoms with Crippen LogP contribution >= 0.6 is 0 Å². The zero-order valence-electron chi connectivity index (χ0n) is 13.1. The first-order chi connectivity index (χ1) is 9.49. The van der Waals surface area contributed by atoms with Gasteiger partial charge in [0.05, 0.1) is 12.5 Å². The molecule has 3 nitrogen and oxygen atoms in total. The summed E-state index contributed by atoms with van der Waals surface area (Å²) < 4.78 is 5.24. The number of ether oxygens (including phenoxy) is 1. The summed E-state index contributed by atoms with van der Waals surface area (Å²) in [5.74, 6) is 0.0680. The van der Waals surface area contributed by atoms with Gasteiger partial charge >= 0.3 is 5.97 Å². The summed E-state index contributed by atoms with van der Waals surface area (Å²) in [5.41, 5.74) is 8.77. The number of nitrogen functional groups attached to an aromatic ring is 1. The molecule has 1 aromatic rings. The van der Waals surface area contributed by atoms with E-state index in [4.69, 9.17) is 10.5 Å². The summed E-state index contributed by atoms with van der Waals surface area (Å²) in [7, 11) is 0. The molecule has 1 aromatic carbocycles. The summed E-state index contributed by atoms with van der Waals surface area (Å²) in [6, 6.07) is 5.85. The number of carbonyl (C=O) groups excluding carboxylic acids is 1. The van der Waals surface area contributed by atoms with Gasteiger partial charge in [0.2, 0.25) is 0 Å². The lowest BCUT2D eigenvalue weighted by molar-refractivity contribution is -0.145. The Labute approximate surface area is 122 Å². The second kappa shape index (κ2) is 7.93. The maximum Gasteiger partial charge on any atom is 0.313 e. The third-order valence-corrected chi connectivity index (χ3v) is 3.61. The van der Waals surface area contributed by atoms with Gasteiger partial charge in [-0.1, -0.05) is 44.4 Å². The van der Waals surface area contributed by atoms with Crippen LogP contribution in [-0.4, -0.2) is 12.6 Å². The number of benzene rings is 1. The highest BCUT2D eigenvalue weighted by molar-refractivity contribution is 5.80. The molecule has 0 amide bonds. The molecule has 0 heterocycles. The summed E-state index contributed by atoms with van der Waals surface area (Å²) >= 11 is 0. The lowest BCUT2D eigenvalue weighted by Crippen LogP contribution is -2.20. The topological polar surface area (TPSA) is 52.3 Å². The van der Waals surface area contributed by atoms with Crippen molar-refractivity contribution in [3.05, 3.63) is 29.3 Å². The molecule has 0 saturated heterocycles. The summed E-state index contributed by atoms with van der Waals surface area (Å²) in [5, 5.41) is 0. The molecule has 0 aliphatic heterocycles. The predicted molar refractivity (Wildman–Crippen MR) is 83.7 cm³/mol. The van der Waals surface area contributed by atoms with Crippen molar-refractivity contribution in [3.63, 3.8) is 0 Å². The summed E-state index contributed by atoms with van der Waals surface area (Å²) in [6.07, 6.45) is 3.03. The first-order valence-electron chi connectivity index (χ1n) is 7.52. The third-order valence-electron chi connectivity index (χ3n) is 3.61. The van der Waals surface area contributed by atoms with Crippen LogP contribution in [0.2, 0.25) is 0 Å². The fourth-order valence-corrected chi connectivity index (χ4v) is 2.60. The Hall–Kier alpha value is -1.51. The quantitative estimate of drug-likeness (QED) is 0.604. The fraction of sp³-hybridized carbons (Fsp3) is 0.588. The van der Waals surface area contributed by atoms with Crippen molar-refractivity contribution in [3.8, 4) is 0 Å². The zero-order valence-corrected chi connectivity index (χ0v) is 13.1. The van der Waals surface area contributed by atoms with Crippen LogP contribution < -0.4 is 5.73 Å². The minimum atomic E-state index is -0.253. The standard InChI is InChI=1S/C17H27NO2/c1-5-7-12(3)11-15(17(19)20-6-2)14-10-13(4)8-9-16(14)18/h8-10,12,15H,5-7,11,18H2,1-4H3. The largest absolute Gasteiger partial charge is 0.466 e. The van der Waals surface area contributed by atoms with Crippen molar-refractivity contribution >= 4 is 11.7 Å². The number of esters is 1. The van der Waals surface area contributed by atoms with Crippen molar-refractivity contribution in [1.29, 1.82) is 0 Å². The van der Waals surface area contributed by atoms with E-state index in [-0.39, 0.29) is 11.9 Å². The smallest absolute Gasteiger partial charge is 0.313 e. The highest BCUT2D eigenvalue weighted by Gasteiger charge is 2.26. The van der Waals surface area contributed by atoms with Crippen molar-refractivity contribution in [2.45, 2.75) is 52.9 Å². The molecule has 2 atom stereocenters. The lowest BCUT2D eigenvalue weighted by Gasteiger charge is -2.21. The van der Waals surface area contributed by atoms with Crippen molar-refractivity contribution in [2.24, 2.45) is 5.92 Å². The van der Waals surface area contributed by atoms with E-state index < -0.39 is 0 Å². The van der Waals surface area contributed by atoms with Crippen LogP contribution in [0.3, 0.4) is 0 Å². The average Bonchev–Trinajstić information content (AvgIpc) is 2.39. The van der Waals surface area contributed by atoms with Crippen LogP contribution in [0.15, 0.2) is 18.2 Å². The maximum absolute atomic E-state index is 12.3. The molecular formula is C17H27NO2. The van der Waals surface area contributed by atoms with Gasteiger partial charge in [-0.3, -0.25) is 4.79 Å². The summed E-state index contributed by atoms with van der Waals surface area (Å²) in [4.78, 5) is 12.3. The van der Waals surface area contributed by atoms with E-state index in [0.717, 1.165) is 30.4 Å². The normalized spacial score (nSPS) is 13.8. The number of nitrogens with two attached hydrogens (primary N) is 1. The molecule has 20 heavy (non-hydrogen) atoms. The second-order valence-electron chi connectivity index (χ2n) is 5.57. The molecular weight excluding hydrogens is 250 g/mol. The Bertz CT molecular complexity index is 443. The van der Waals surface area contributed by atoms with Crippen molar-refractivity contribution in [2.75, 3.05) is 12.3 Å². The molecule has 2 unspecified atom stereocenters. The van der Waals surface area contributed by atoms with Gasteiger partial charge in [-0.2, -0.15) is 0 Å². The first kappa shape index (κ1) is 16.5. The van der Waals surface area contributed by atoms with Crippen LogP contribution in [-0.2, 0) is 9.53 Å². The Kier molecular flexibility index (Phi) is 6.56. The number of hydrogen-bond donors (Lipinski definition) is 1. The average molecular weight is 277 g/mol. The molecule has 0 saturated carbocycles. The molecule has 2 N–H and O–H groups in total. The van der Waals surface area contributed by atoms with E-state index in [1.807, 2.05) is 32.0 Å². The van der Waals surface area contributed by atoms with Crippen LogP contribution in [0.5, 0.6) is 0 Å². The SMILES string of the molecule is CCCC(C)CC(C(=O)OCC)c1cc(C)ccc1N. The van der Waals surface area contributed by atoms with Crippen LogP contribution in [0.25, 0.3) is 0 Å². The number of aryl methyl sites for hydroxylation is 1. The summed E-state index contributed by atoms with van der Waals surface area (Å²) in [6.45, 7) is 8.60. The van der Waals surface area contributed by atoms with Gasteiger partial charge in [-0.25, -0.2) is 0 Å². The Morgan fingerprint density at radius 3 is 2.65 bits per heavy atom. The molecule has 3 heteroatoms. The molecule has 0 aromatic heterocycles. The van der Waals surface area contributed by atoms with E-state index in [9.17, 15) is 4.79 Å². The van der Waals surface area contributed by atoms with Crippen LogP contribution in [0, 0.1) is 12.8 Å². The second-order valence-corrected chi connectivity index (χ2v) is 5.57. The highest BCUT2D eigenvalue weighted by Crippen LogP contribution is 2.31. The van der Waals surface area contributed by atoms with Crippen LogP contribution in [0.1, 0.15) is 57.1 Å². The number of carbonyl (C=O) groups is 1. The van der Waals surface area contributed by atoms with Crippen LogP contribution in [0.4, 0.5) is 5.69 Å². The Morgan fingerprint density at radius 1 is 1.35 bits per heavy atom. The van der Waals surface area contributed by atoms with Gasteiger partial charge in [-0.05, 0) is 37.8 Å². The zero-order chi connectivity index (χ0) is 15.1. The highest BCUT2D eigenvalue weighted by atomic mass is 16.5. The molecule has 112 valence electrons. The number of anilines is 1. The van der Waals surface area contributed by atoms with Crippen molar-refractivity contribution in [1.82, 2.24) is 0 Å². The van der Waals surface area contributed by atoms with Gasteiger partial charge in [0.1, 0.15) is 0 Å². The van der Waals surface area contributed by atoms with Gasteiger partial charge in [0, 0.05) is 5.69 Å². The lowest BCUT2D eigenvalue weighted by atomic mass is 9.86. The first-order valence-corrected chi connectivity index (χ1v) is 7.52. The molecule has 0 spiro atoms. The van der Waals surface area contributed by atoms with E-state index in [2.05, 4.69) is 13.8 Å². The number of rotatable bonds is 7. The minimum absolute atomic E-state index is 0.159. The Balaban J connectivity index is 3.02. The molecule has 0 bridgehead atoms. The van der Waals surface area contributed by atoms with Gasteiger partial charge < -0.3 is 10.5 Å². The van der Waals surface area contributed by atoms with E-state index >= 15 is 0 Å². The monoisotopic (exact) mass is 277 g/mol. The predicted octanol–water partition coefficient (Wildman–Crippen LogP) is 4.05. The molecule has 0 fully saturated rings. The molecule has 0 radical (unpaired) electrons. The van der Waals surface area contributed by atoms with Gasteiger partial charge in [0.25, 0.3) is 0 Å². The number of hydrogen-bond acceptors (Lipinski definition) is 3. The molecule has 0 aliphatic rings. The third kappa shape index (κ3) is 4.55. The van der Waals surface area contributed by atoms with Crippen molar-refractivity contribution < 1.29 is 9.53 Å².